The van der Waals surface area contributed by atoms with Crippen molar-refractivity contribution in [3.8, 4) is 11.5 Å². The van der Waals surface area contributed by atoms with Crippen molar-refractivity contribution >= 4 is 102 Å². The number of hydrogen-bond donors (Lipinski definition) is 3. The molecule has 2 amide bonds. The fourth-order valence-electron chi connectivity index (χ4n) is 7.92. The zero-order chi connectivity index (χ0) is 51.1. The second-order valence-electron chi connectivity index (χ2n) is 17.1. The van der Waals surface area contributed by atoms with Gasteiger partial charge in [-0.2, -0.15) is 9.45 Å². The van der Waals surface area contributed by atoms with Crippen molar-refractivity contribution < 1.29 is 120 Å². The fraction of sp³-hybridized carbons (Fsp3) is 0.360. The van der Waals surface area contributed by atoms with Gasteiger partial charge in [-0.1, -0.05) is 118 Å². The predicted octanol–water partition coefficient (Wildman–Crippen LogP) is 5.42. The van der Waals surface area contributed by atoms with E-state index in [1.165, 1.54) is 81.0 Å². The van der Waals surface area contributed by atoms with E-state index in [4.69, 9.17) is 32.7 Å². The molecular formula is C50H52Cl2N4Na2O13S2. The first-order valence-electron chi connectivity index (χ1n) is 23.0. The number of ether oxygens (including phenoxy) is 2. The van der Waals surface area contributed by atoms with Gasteiger partial charge >= 0.3 is 65.1 Å². The van der Waals surface area contributed by atoms with E-state index >= 15 is 0 Å². The average Bonchev–Trinajstić information content (AvgIpc) is 4.12. The van der Waals surface area contributed by atoms with Gasteiger partial charge in [-0.05, 0) is 91.2 Å². The maximum absolute atomic E-state index is 14.5. The summed E-state index contributed by atoms with van der Waals surface area (Å²) in [5.74, 6) is -3.28. The molecule has 378 valence electrons. The number of fused-ring (bicyclic) bond motifs is 1. The molecule has 0 aliphatic heterocycles. The van der Waals surface area contributed by atoms with Gasteiger partial charge in [0.15, 0.2) is 11.5 Å². The summed E-state index contributed by atoms with van der Waals surface area (Å²) in [5, 5.41) is 38.9. The summed E-state index contributed by atoms with van der Waals surface area (Å²) in [6.45, 7) is 3.51. The molecule has 0 bridgehead atoms. The molecule has 0 heterocycles. The first-order valence-corrected chi connectivity index (χ1v) is 25.9. The molecule has 1 atom stereocenters. The van der Waals surface area contributed by atoms with E-state index in [1.807, 2.05) is 30.3 Å². The summed E-state index contributed by atoms with van der Waals surface area (Å²) >= 11 is 13.3. The molecule has 5 aromatic rings. The van der Waals surface area contributed by atoms with Gasteiger partial charge in [-0.25, -0.2) is 13.2 Å². The van der Waals surface area contributed by atoms with Gasteiger partial charge in [-0.15, -0.1) is 5.11 Å². The van der Waals surface area contributed by atoms with E-state index in [-0.39, 0.29) is 138 Å². The molecular weight excluding hydrogens is 1050 g/mol. The number of azo groups is 1. The Kier molecular flexibility index (Phi) is 25.1. The summed E-state index contributed by atoms with van der Waals surface area (Å²) in [4.78, 5) is 53.2. The topological polar surface area (TPSA) is 254 Å². The van der Waals surface area contributed by atoms with Gasteiger partial charge in [0.25, 0.3) is 5.91 Å². The Labute approximate surface area is 482 Å². The number of anilines is 2. The molecule has 1 saturated carbocycles. The number of ketones is 1. The molecule has 0 spiro atoms. The van der Waals surface area contributed by atoms with Crippen molar-refractivity contribution in [3.63, 3.8) is 0 Å². The number of Topliss-reactive ketones (excluding diaryl/α,β-unsaturated/α-hetero) is 1. The third-order valence-corrected chi connectivity index (χ3v) is 13.8. The molecule has 1 aliphatic rings. The number of rotatable bonds is 27. The molecule has 17 nitrogen and oxygen atoms in total. The molecule has 6 rings (SSSR count). The fourth-order valence-corrected chi connectivity index (χ4v) is 9.46. The number of carbonyl (C=O) groups excluding carboxylic acids is 4. The summed E-state index contributed by atoms with van der Waals surface area (Å²) in [7, 11) is -5.03. The van der Waals surface area contributed by atoms with E-state index in [0.717, 1.165) is 43.9 Å². The standard InChI is InChI=1S/C50H54Cl2N4O13S2.2Na/c1-3-4-5-6-7-8-9-10-11-15-24-66-49(61)37-28-40(39(52)29-38(37)51)54-48(60)46(47(59)50(22-23-50)30-32-16-13-12-14-17-32)67-35-20-18-34(19-21-35)55-56-44-42(70-69-68-62)26-33-25-36(71(63,64)65)27-41(53-31(2)57)43(33)45(44)58;;/h12-14,16-21,25-29,46,58,62H,3-11,15,22-24,30H2,1-2H3,(H,53,57)(H,54,60)(H,63,64,65);;/q;2*+1/p-2. The van der Waals surface area contributed by atoms with E-state index in [2.05, 4.69) is 37.2 Å². The molecule has 0 saturated heterocycles. The van der Waals surface area contributed by atoms with Gasteiger partial charge in [0.1, 0.15) is 21.6 Å². The van der Waals surface area contributed by atoms with Crippen LogP contribution in [0.15, 0.2) is 105 Å². The second-order valence-corrected chi connectivity index (χ2v) is 20.1. The van der Waals surface area contributed by atoms with Crippen LogP contribution in [0.1, 0.15) is 107 Å². The molecule has 1 aliphatic carbocycles. The number of esters is 1. The van der Waals surface area contributed by atoms with E-state index in [1.54, 1.807) is 0 Å². The minimum atomic E-state index is -5.03. The number of nitrogens with one attached hydrogen (secondary N) is 2. The molecule has 0 radical (unpaired) electrons. The Morgan fingerprint density at radius 3 is 2.07 bits per heavy atom. The van der Waals surface area contributed by atoms with Crippen LogP contribution in [0.25, 0.3) is 10.8 Å². The number of nitrogens with zero attached hydrogens (tertiary/aromatic N) is 2. The number of phenolic OH excluding ortho intramolecular Hbond substituents is 1. The summed E-state index contributed by atoms with van der Waals surface area (Å²) < 4.78 is 51.9. The Bertz CT molecular complexity index is 2860. The Balaban J connectivity index is 0.00000578. The summed E-state index contributed by atoms with van der Waals surface area (Å²) in [6, 6.07) is 20.7. The minimum absolute atomic E-state index is 0. The zero-order valence-electron chi connectivity index (χ0n) is 40.9. The van der Waals surface area contributed by atoms with Crippen LogP contribution in [-0.4, -0.2) is 54.4 Å². The van der Waals surface area contributed by atoms with Crippen LogP contribution in [0, 0.1) is 5.41 Å². The van der Waals surface area contributed by atoms with Crippen LogP contribution in [-0.2, 0) is 45.0 Å². The first-order chi connectivity index (χ1) is 34.0. The summed E-state index contributed by atoms with van der Waals surface area (Å²) in [6.07, 6.45) is 10.8. The van der Waals surface area contributed by atoms with E-state index in [0.29, 0.717) is 25.7 Å². The van der Waals surface area contributed by atoms with Crippen molar-refractivity contribution in [1.82, 2.24) is 0 Å². The largest absolute Gasteiger partial charge is 1.00 e. The molecule has 73 heavy (non-hydrogen) atoms. The Morgan fingerprint density at radius 1 is 0.822 bits per heavy atom. The van der Waals surface area contributed by atoms with Gasteiger partial charge in [0.2, 0.25) is 12.0 Å². The third-order valence-electron chi connectivity index (χ3n) is 11.7. The maximum atomic E-state index is 14.5. The number of halogens is 2. The van der Waals surface area contributed by atoms with Crippen LogP contribution in [0.2, 0.25) is 10.0 Å². The Morgan fingerprint density at radius 2 is 1.47 bits per heavy atom. The monoisotopic (exact) mass is 1100 g/mol. The molecule has 1 unspecified atom stereocenters. The molecule has 5 aromatic carbocycles. The van der Waals surface area contributed by atoms with Crippen LogP contribution in [0.3, 0.4) is 0 Å². The van der Waals surface area contributed by atoms with Gasteiger partial charge in [-0.3, -0.25) is 19.4 Å². The molecule has 23 heteroatoms. The predicted molar refractivity (Wildman–Crippen MR) is 265 cm³/mol. The van der Waals surface area contributed by atoms with E-state index in [9.17, 15) is 42.5 Å². The number of hydrogen-bond acceptors (Lipinski definition) is 16. The van der Waals surface area contributed by atoms with Gasteiger partial charge in [0, 0.05) is 17.7 Å². The first kappa shape index (κ1) is 61.9. The van der Waals surface area contributed by atoms with E-state index < -0.39 is 55.8 Å². The van der Waals surface area contributed by atoms with Crippen LogP contribution in [0.5, 0.6) is 11.5 Å². The van der Waals surface area contributed by atoms with Crippen molar-refractivity contribution in [2.45, 2.75) is 113 Å². The second kappa shape index (κ2) is 29.6. The quantitative estimate of drug-likeness (QED) is 0.00683. The van der Waals surface area contributed by atoms with Crippen molar-refractivity contribution in [1.29, 1.82) is 0 Å². The normalized spacial score (nSPS) is 13.1. The van der Waals surface area contributed by atoms with Gasteiger partial charge < -0.3 is 35.0 Å². The number of aromatic hydroxyl groups is 1. The number of benzene rings is 5. The SMILES string of the molecule is CCCCCCCCCCCCOC(=O)c1cc(NC(=O)C(Oc2ccc(N=Nc3c(SOO[O-])cc4cc(S(=O)(=O)[O-])cc(NC(C)=O)c4c3O)cc2)C(=O)C2(Cc3ccccc3)CC2)c(Cl)cc1Cl.[Na+].[Na+]. The van der Waals surface area contributed by atoms with Gasteiger partial charge in [0.05, 0.1) is 61.1 Å². The van der Waals surface area contributed by atoms with Crippen molar-refractivity contribution in [2.24, 2.45) is 15.6 Å². The number of phenols is 1. The van der Waals surface area contributed by atoms with Crippen molar-refractivity contribution in [2.75, 3.05) is 17.2 Å². The number of unbranched alkanes of at least 4 members (excludes halogenated alkanes) is 9. The summed E-state index contributed by atoms with van der Waals surface area (Å²) in [5.41, 5.74) is -0.441. The maximum Gasteiger partial charge on any atom is 1.00 e. The molecule has 3 N–H and O–H groups in total. The Hall–Kier alpha value is -3.64. The molecule has 0 aromatic heterocycles. The number of amides is 2. The van der Waals surface area contributed by atoms with Crippen LogP contribution >= 0.6 is 35.2 Å². The van der Waals surface area contributed by atoms with Crippen molar-refractivity contribution in [3.05, 3.63) is 106 Å². The smallest absolute Gasteiger partial charge is 0.744 e. The molecule has 1 fully saturated rings. The minimum Gasteiger partial charge on any atom is -0.744 e. The number of carbonyl (C=O) groups is 4. The third kappa shape index (κ3) is 17.7. The zero-order valence-corrected chi connectivity index (χ0v) is 48.0. The average molecular weight is 1100 g/mol. The van der Waals surface area contributed by atoms with Crippen LogP contribution < -0.4 is 79.7 Å². The van der Waals surface area contributed by atoms with Crippen LogP contribution in [0.4, 0.5) is 22.7 Å².